The fraction of sp³-hybridized carbons (Fsp3) is 0.364. The summed E-state index contributed by atoms with van der Waals surface area (Å²) in [7, 11) is 1.60. The van der Waals surface area contributed by atoms with E-state index in [9.17, 15) is 9.59 Å². The molecule has 1 aromatic carbocycles. The Labute approximate surface area is 174 Å². The van der Waals surface area contributed by atoms with Crippen LogP contribution in [0.5, 0.6) is 5.75 Å². The number of hydrogen-bond donors (Lipinski definition) is 1. The van der Waals surface area contributed by atoms with E-state index in [-0.39, 0.29) is 23.6 Å². The first-order valence-electron chi connectivity index (χ1n) is 9.66. The minimum absolute atomic E-state index is 0.0499. The lowest BCUT2D eigenvalue weighted by Crippen LogP contribution is -2.34. The summed E-state index contributed by atoms with van der Waals surface area (Å²) in [5.41, 5.74) is 1.29. The van der Waals surface area contributed by atoms with Crippen LogP contribution >= 0.6 is 0 Å². The highest BCUT2D eigenvalue weighted by molar-refractivity contribution is 5.93. The molecule has 0 unspecified atom stereocenters. The fourth-order valence-corrected chi connectivity index (χ4v) is 2.86. The molecule has 0 radical (unpaired) electrons. The summed E-state index contributed by atoms with van der Waals surface area (Å²) in [6.07, 6.45) is 2.71. The SMILES string of the molecule is C[C@@H](c1ccon1)N(C)C(=O)c1cnc(COc2ccc(C(C)(C)C)cc2)[nH]c1=O. The van der Waals surface area contributed by atoms with E-state index in [0.29, 0.717) is 17.3 Å². The Morgan fingerprint density at radius 1 is 1.23 bits per heavy atom. The zero-order valence-electron chi connectivity index (χ0n) is 17.8. The molecular weight excluding hydrogens is 384 g/mol. The lowest BCUT2D eigenvalue weighted by Gasteiger charge is -2.22. The largest absolute Gasteiger partial charge is 0.486 e. The van der Waals surface area contributed by atoms with Gasteiger partial charge in [-0.2, -0.15) is 0 Å². The van der Waals surface area contributed by atoms with Crippen molar-refractivity contribution in [3.05, 3.63) is 75.8 Å². The first-order chi connectivity index (χ1) is 14.2. The lowest BCUT2D eigenvalue weighted by atomic mass is 9.87. The van der Waals surface area contributed by atoms with Gasteiger partial charge in [0.05, 0.1) is 6.04 Å². The maximum absolute atomic E-state index is 12.7. The van der Waals surface area contributed by atoms with Gasteiger partial charge in [0, 0.05) is 19.3 Å². The number of ether oxygens (including phenoxy) is 1. The summed E-state index contributed by atoms with van der Waals surface area (Å²) in [5, 5.41) is 3.83. The van der Waals surface area contributed by atoms with Crippen molar-refractivity contribution < 1.29 is 14.1 Å². The van der Waals surface area contributed by atoms with E-state index in [1.54, 1.807) is 20.0 Å². The molecule has 8 heteroatoms. The number of benzene rings is 1. The molecule has 158 valence electrons. The molecule has 1 N–H and O–H groups in total. The Bertz CT molecular complexity index is 1050. The van der Waals surface area contributed by atoms with Crippen molar-refractivity contribution in [2.24, 2.45) is 0 Å². The molecule has 0 saturated heterocycles. The van der Waals surface area contributed by atoms with Crippen LogP contribution in [0.2, 0.25) is 0 Å². The Morgan fingerprint density at radius 2 is 1.93 bits per heavy atom. The van der Waals surface area contributed by atoms with Crippen molar-refractivity contribution in [1.29, 1.82) is 0 Å². The van der Waals surface area contributed by atoms with Crippen LogP contribution in [0, 0.1) is 0 Å². The van der Waals surface area contributed by atoms with Gasteiger partial charge in [-0.15, -0.1) is 0 Å². The van der Waals surface area contributed by atoms with Gasteiger partial charge in [0.2, 0.25) is 0 Å². The van der Waals surface area contributed by atoms with Gasteiger partial charge in [-0.1, -0.05) is 38.1 Å². The summed E-state index contributed by atoms with van der Waals surface area (Å²) >= 11 is 0. The third-order valence-corrected chi connectivity index (χ3v) is 4.97. The molecule has 1 amide bonds. The molecule has 0 saturated carbocycles. The molecule has 0 spiro atoms. The van der Waals surface area contributed by atoms with Gasteiger partial charge < -0.3 is 19.1 Å². The van der Waals surface area contributed by atoms with E-state index in [1.807, 2.05) is 24.3 Å². The summed E-state index contributed by atoms with van der Waals surface area (Å²) in [4.78, 5) is 33.3. The zero-order valence-corrected chi connectivity index (χ0v) is 17.8. The van der Waals surface area contributed by atoms with Crippen LogP contribution in [0.3, 0.4) is 0 Å². The molecule has 0 aliphatic rings. The fourth-order valence-electron chi connectivity index (χ4n) is 2.86. The minimum Gasteiger partial charge on any atom is -0.486 e. The van der Waals surface area contributed by atoms with Crippen molar-refractivity contribution in [3.8, 4) is 5.75 Å². The van der Waals surface area contributed by atoms with E-state index < -0.39 is 11.5 Å². The quantitative estimate of drug-likeness (QED) is 0.668. The van der Waals surface area contributed by atoms with Crippen LogP contribution in [-0.4, -0.2) is 33.0 Å². The molecule has 0 bridgehead atoms. The van der Waals surface area contributed by atoms with Crippen LogP contribution in [0.4, 0.5) is 0 Å². The monoisotopic (exact) mass is 410 g/mol. The molecule has 3 rings (SSSR count). The maximum atomic E-state index is 12.7. The zero-order chi connectivity index (χ0) is 21.9. The minimum atomic E-state index is -0.518. The van der Waals surface area contributed by atoms with Crippen molar-refractivity contribution in [2.75, 3.05) is 7.05 Å². The lowest BCUT2D eigenvalue weighted by molar-refractivity contribution is 0.0735. The van der Waals surface area contributed by atoms with Gasteiger partial charge in [-0.05, 0) is 30.0 Å². The molecular formula is C22H26N4O4. The smallest absolute Gasteiger partial charge is 0.263 e. The molecule has 30 heavy (non-hydrogen) atoms. The molecule has 2 heterocycles. The molecule has 2 aromatic heterocycles. The van der Waals surface area contributed by atoms with Gasteiger partial charge in [0.1, 0.15) is 35.7 Å². The third kappa shape index (κ3) is 4.76. The molecule has 0 fully saturated rings. The number of H-pyrrole nitrogens is 1. The van der Waals surface area contributed by atoms with E-state index in [1.165, 1.54) is 22.9 Å². The van der Waals surface area contributed by atoms with Gasteiger partial charge >= 0.3 is 0 Å². The Morgan fingerprint density at radius 3 is 2.50 bits per heavy atom. The molecule has 0 aliphatic carbocycles. The van der Waals surface area contributed by atoms with Crippen LogP contribution in [0.25, 0.3) is 0 Å². The van der Waals surface area contributed by atoms with Gasteiger partial charge in [-0.3, -0.25) is 9.59 Å². The van der Waals surface area contributed by atoms with Crippen molar-refractivity contribution in [3.63, 3.8) is 0 Å². The number of hydrogen-bond acceptors (Lipinski definition) is 6. The first kappa shape index (κ1) is 21.3. The van der Waals surface area contributed by atoms with Crippen LogP contribution < -0.4 is 10.3 Å². The molecule has 0 aliphatic heterocycles. The summed E-state index contributed by atoms with van der Waals surface area (Å²) in [6.45, 7) is 8.31. The van der Waals surface area contributed by atoms with Gasteiger partial charge in [-0.25, -0.2) is 4.98 Å². The summed E-state index contributed by atoms with van der Waals surface area (Å²) in [5.74, 6) is 0.556. The molecule has 1 atom stereocenters. The number of carbonyl (C=O) groups excluding carboxylic acids is 1. The maximum Gasteiger partial charge on any atom is 0.263 e. The van der Waals surface area contributed by atoms with Crippen molar-refractivity contribution in [1.82, 2.24) is 20.0 Å². The number of rotatable bonds is 6. The second-order valence-corrected chi connectivity index (χ2v) is 8.15. The van der Waals surface area contributed by atoms with Gasteiger partial charge in [0.25, 0.3) is 11.5 Å². The van der Waals surface area contributed by atoms with E-state index in [2.05, 4.69) is 35.9 Å². The molecule has 8 nitrogen and oxygen atoms in total. The van der Waals surface area contributed by atoms with Crippen LogP contribution in [0.1, 0.15) is 61.2 Å². The highest BCUT2D eigenvalue weighted by Crippen LogP contribution is 2.24. The standard InChI is InChI=1S/C22H26N4O4/c1-14(18-10-11-30-25-18)26(5)21(28)17-12-23-19(24-20(17)27)13-29-16-8-6-15(7-9-16)22(2,3)4/h6-12,14H,13H2,1-5H3,(H,23,24,27)/t14-/m0/s1. The molecule has 3 aromatic rings. The van der Waals surface area contributed by atoms with Crippen molar-refractivity contribution >= 4 is 5.91 Å². The summed E-state index contributed by atoms with van der Waals surface area (Å²) in [6, 6.07) is 9.12. The first-order valence-corrected chi connectivity index (χ1v) is 9.66. The number of nitrogens with one attached hydrogen (secondary N) is 1. The average Bonchev–Trinajstić information content (AvgIpc) is 3.25. The predicted molar refractivity (Wildman–Crippen MR) is 111 cm³/mol. The van der Waals surface area contributed by atoms with E-state index >= 15 is 0 Å². The predicted octanol–water partition coefficient (Wildman–Crippen LogP) is 3.47. The third-order valence-electron chi connectivity index (χ3n) is 4.97. The van der Waals surface area contributed by atoms with E-state index in [4.69, 9.17) is 9.26 Å². The Hall–Kier alpha value is -3.42. The second-order valence-electron chi connectivity index (χ2n) is 8.15. The van der Waals surface area contributed by atoms with Crippen molar-refractivity contribution in [2.45, 2.75) is 45.8 Å². The van der Waals surface area contributed by atoms with Crippen LogP contribution in [-0.2, 0) is 12.0 Å². The Kier molecular flexibility index (Phi) is 6.05. The second kappa shape index (κ2) is 8.52. The number of aromatic amines is 1. The summed E-state index contributed by atoms with van der Waals surface area (Å²) < 4.78 is 10.5. The highest BCUT2D eigenvalue weighted by atomic mass is 16.5. The Balaban J connectivity index is 1.66. The number of amides is 1. The normalized spacial score (nSPS) is 12.4. The number of carbonyl (C=O) groups is 1. The van der Waals surface area contributed by atoms with Crippen LogP contribution in [0.15, 0.2) is 52.1 Å². The number of nitrogens with zero attached hydrogens (tertiary/aromatic N) is 3. The average molecular weight is 410 g/mol. The topological polar surface area (TPSA) is 101 Å². The number of aromatic nitrogens is 3. The van der Waals surface area contributed by atoms with E-state index in [0.717, 1.165) is 0 Å². The highest BCUT2D eigenvalue weighted by Gasteiger charge is 2.23. The van der Waals surface area contributed by atoms with Gasteiger partial charge in [0.15, 0.2) is 0 Å².